The summed E-state index contributed by atoms with van der Waals surface area (Å²) >= 11 is 1.44. The van der Waals surface area contributed by atoms with Crippen LogP contribution in [0.4, 0.5) is 0 Å². The minimum atomic E-state index is -0.500. The number of phenols is 2. The first-order valence-corrected chi connectivity index (χ1v) is 16.8. The fourth-order valence-corrected chi connectivity index (χ4v) is 4.03. The Labute approximate surface area is 278 Å². The van der Waals surface area contributed by atoms with E-state index in [0.29, 0.717) is 16.9 Å². The number of para-hydroxylation sites is 2. The van der Waals surface area contributed by atoms with Crippen molar-refractivity contribution in [1.29, 1.82) is 0 Å². The van der Waals surface area contributed by atoms with E-state index < -0.39 is 5.60 Å². The molecule has 0 spiro atoms. The van der Waals surface area contributed by atoms with Gasteiger partial charge in [0, 0.05) is 17.7 Å². The van der Waals surface area contributed by atoms with Gasteiger partial charge in [0.05, 0.1) is 5.60 Å². The summed E-state index contributed by atoms with van der Waals surface area (Å²) in [4.78, 5) is 0. The van der Waals surface area contributed by atoms with E-state index >= 15 is 0 Å². The number of aliphatic hydroxyl groups is 1. The molecule has 1 saturated heterocycles. The van der Waals surface area contributed by atoms with Gasteiger partial charge < -0.3 is 20.1 Å². The third-order valence-corrected chi connectivity index (χ3v) is 8.38. The quantitative estimate of drug-likeness (QED) is 0.227. The third kappa shape index (κ3) is 14.6. The number of phenolic OH excluding ortho intramolecular Hbond substituents is 2. The molecule has 0 aliphatic carbocycles. The van der Waals surface area contributed by atoms with Gasteiger partial charge in [0.15, 0.2) is 0 Å². The van der Waals surface area contributed by atoms with E-state index in [9.17, 15) is 10.2 Å². The minimum absolute atomic E-state index is 0.142. The molecule has 1 heterocycles. The Kier molecular flexibility index (Phi) is 15.2. The van der Waals surface area contributed by atoms with E-state index in [2.05, 4.69) is 66.5 Å². The van der Waals surface area contributed by atoms with E-state index in [4.69, 9.17) is 9.84 Å². The molecule has 1 aliphatic heterocycles. The van der Waals surface area contributed by atoms with Crippen LogP contribution in [0.2, 0.25) is 0 Å². The van der Waals surface area contributed by atoms with Gasteiger partial charge in [-0.25, -0.2) is 6.61 Å². The van der Waals surface area contributed by atoms with Crippen LogP contribution in [0.1, 0.15) is 107 Å². The van der Waals surface area contributed by atoms with E-state index in [-0.39, 0.29) is 10.8 Å². The summed E-state index contributed by atoms with van der Waals surface area (Å²) in [7, 11) is 0. The average molecular weight is 773 g/mol. The second-order valence-electron chi connectivity index (χ2n) is 15.2. The second kappa shape index (κ2) is 16.8. The smallest absolute Gasteiger partial charge is 0.127 e. The average Bonchev–Trinajstić information content (AvgIpc) is 3.47. The van der Waals surface area contributed by atoms with Crippen LogP contribution in [-0.2, 0) is 34.7 Å². The first-order chi connectivity index (χ1) is 20.1. The van der Waals surface area contributed by atoms with Gasteiger partial charge >= 0.3 is 49.5 Å². The van der Waals surface area contributed by atoms with Gasteiger partial charge in [-0.05, 0) is 59.9 Å². The van der Waals surface area contributed by atoms with Crippen LogP contribution in [0.15, 0.2) is 60.7 Å². The maximum absolute atomic E-state index is 10.9. The van der Waals surface area contributed by atoms with Crippen molar-refractivity contribution in [1.82, 2.24) is 0 Å². The molecule has 0 saturated carbocycles. The molecule has 3 aromatic rings. The van der Waals surface area contributed by atoms with Crippen LogP contribution in [-0.4, -0.2) is 27.5 Å². The van der Waals surface area contributed by atoms with Crippen molar-refractivity contribution in [2.45, 2.75) is 112 Å². The Morgan fingerprint density at radius 1 is 0.682 bits per heavy atom. The van der Waals surface area contributed by atoms with Gasteiger partial charge in [-0.3, -0.25) is 0 Å². The molecule has 4 rings (SSSR count). The van der Waals surface area contributed by atoms with Crippen LogP contribution in [0, 0.1) is 16.2 Å². The summed E-state index contributed by atoms with van der Waals surface area (Å²) in [6, 6.07) is 19.8. The molecule has 3 aromatic carbocycles. The molecular formula is C39H56O4W. The monoisotopic (exact) mass is 772 g/mol. The van der Waals surface area contributed by atoms with Crippen LogP contribution < -0.4 is 0 Å². The molecule has 1 aliphatic rings. The molecule has 0 aromatic heterocycles. The molecule has 0 atom stereocenters. The summed E-state index contributed by atoms with van der Waals surface area (Å²) in [5.41, 5.74) is 4.87. The zero-order valence-electron chi connectivity index (χ0n) is 29.1. The van der Waals surface area contributed by atoms with Gasteiger partial charge in [0.2, 0.25) is 0 Å². The van der Waals surface area contributed by atoms with Crippen LogP contribution in [0.5, 0.6) is 11.5 Å². The predicted molar refractivity (Wildman–Crippen MR) is 183 cm³/mol. The number of hydrogen-bond acceptors (Lipinski definition) is 4. The number of benzene rings is 3. The van der Waals surface area contributed by atoms with Crippen molar-refractivity contribution < 1.29 is 39.2 Å². The van der Waals surface area contributed by atoms with E-state index in [1.165, 1.54) is 25.6 Å². The summed E-state index contributed by atoms with van der Waals surface area (Å²) in [6.07, 6.45) is 2.38. The molecule has 44 heavy (non-hydrogen) atoms. The zero-order valence-corrected chi connectivity index (χ0v) is 32.1. The van der Waals surface area contributed by atoms with Crippen molar-refractivity contribution in [3.8, 4) is 38.0 Å². The Morgan fingerprint density at radius 3 is 1.30 bits per heavy atom. The molecule has 4 nitrogen and oxygen atoms in total. The fraction of sp³-hybridized carbons (Fsp3) is 0.487. The normalized spacial score (nSPS) is 13.3. The number of rotatable bonds is 2. The van der Waals surface area contributed by atoms with Gasteiger partial charge in [0.1, 0.15) is 11.5 Å². The van der Waals surface area contributed by atoms with E-state index in [0.717, 1.165) is 46.4 Å². The molecule has 0 unspecified atom stereocenters. The largest absolute Gasteiger partial charge is 0.552 e. The molecule has 0 bridgehead atoms. The number of hydrogen-bond donors (Lipinski definition) is 3. The summed E-state index contributed by atoms with van der Waals surface area (Å²) < 4.78 is 8.01. The predicted octanol–water partition coefficient (Wildman–Crippen LogP) is 10.3. The first-order valence-electron chi connectivity index (χ1n) is 15.4. The van der Waals surface area contributed by atoms with Gasteiger partial charge in [-0.15, -0.1) is 0 Å². The van der Waals surface area contributed by atoms with E-state index in [1.54, 1.807) is 20.8 Å². The Hall–Kier alpha value is -2.35. The molecule has 242 valence electrons. The summed E-state index contributed by atoms with van der Waals surface area (Å²) in [6.45, 7) is 27.1. The first kappa shape index (κ1) is 39.7. The van der Waals surface area contributed by atoms with Crippen LogP contribution in [0.25, 0.3) is 22.3 Å². The van der Waals surface area contributed by atoms with Gasteiger partial charge in [0.25, 0.3) is 0 Å². The second-order valence-corrected chi connectivity index (χ2v) is 15.9. The van der Waals surface area contributed by atoms with Crippen LogP contribution in [0.3, 0.4) is 0 Å². The SMILES string of the molecule is CC(C)(C)O.CC(C)(C)[C]#[W+].CC(C)(C)c1cccc(-c2cccc(-c3cccc(C(C)(C)C)c3O)c2)c1O.[CH-]1CCCO1. The Balaban J connectivity index is 0.000000492. The minimum Gasteiger partial charge on any atom is -0.552 e. The van der Waals surface area contributed by atoms with Crippen molar-refractivity contribution in [3.05, 3.63) is 78.4 Å². The van der Waals surface area contributed by atoms with Crippen molar-refractivity contribution >= 4 is 0 Å². The van der Waals surface area contributed by atoms with Gasteiger partial charge in [-0.2, -0.15) is 6.42 Å². The van der Waals surface area contributed by atoms with Crippen molar-refractivity contribution in [2.75, 3.05) is 6.61 Å². The standard InChI is InChI=1S/C26H30O2.C5H9.C4H7O.C4H10O.W/c1-25(2,3)21-14-8-12-19(23(21)27)17-10-7-11-18(16-17)20-13-9-15-22(24(20)28)26(4,5)6;1-5(2,3)4;1-2-4-5-3-1;1-4(2,3)5;/h7-16,27-28H,1-6H3;1-3H3;3H,1-2,4H2;5H,1-3H3;/q;;-1;;+1. The molecule has 0 amide bonds. The van der Waals surface area contributed by atoms with Crippen LogP contribution >= 0.6 is 0 Å². The van der Waals surface area contributed by atoms with Crippen molar-refractivity contribution in [2.24, 2.45) is 5.41 Å². The summed E-state index contributed by atoms with van der Waals surface area (Å²) in [5, 5.41) is 30.3. The van der Waals surface area contributed by atoms with E-state index in [1.807, 2.05) is 67.3 Å². The molecule has 0 radical (unpaired) electrons. The van der Waals surface area contributed by atoms with Crippen molar-refractivity contribution in [3.63, 3.8) is 0 Å². The maximum Gasteiger partial charge on any atom is 0.127 e. The number of aromatic hydroxyl groups is 2. The molecular weight excluding hydrogens is 716 g/mol. The summed E-state index contributed by atoms with van der Waals surface area (Å²) in [5.74, 6) is 0.639. The fourth-order valence-electron chi connectivity index (χ4n) is 4.03. The van der Waals surface area contributed by atoms with Gasteiger partial charge in [-0.1, -0.05) is 103 Å². The zero-order chi connectivity index (χ0) is 33.9. The topological polar surface area (TPSA) is 69.9 Å². The third-order valence-electron chi connectivity index (χ3n) is 6.18. The molecule has 5 heteroatoms. The Bertz CT molecular complexity index is 1260. The number of ether oxygens (including phenoxy) is 1. The molecule has 3 N–H and O–H groups in total. The molecule has 1 fully saturated rings. The Morgan fingerprint density at radius 2 is 1.05 bits per heavy atom. The maximum atomic E-state index is 10.9.